The zero-order valence-electron chi connectivity index (χ0n) is 6.75. The molecule has 1 aromatic heterocycles. The fourth-order valence-electron chi connectivity index (χ4n) is 1.44. The number of amides is 1. The predicted octanol–water partition coefficient (Wildman–Crippen LogP) is 2.69. The van der Waals surface area contributed by atoms with Crippen molar-refractivity contribution in [3.63, 3.8) is 0 Å². The molecule has 5 heteroatoms. The summed E-state index contributed by atoms with van der Waals surface area (Å²) in [5.41, 5.74) is 9.26. The summed E-state index contributed by atoms with van der Waals surface area (Å²) < 4.78 is 0. The molecule has 13 heavy (non-hydrogen) atoms. The molecule has 0 saturated heterocycles. The summed E-state index contributed by atoms with van der Waals surface area (Å²) in [6.07, 6.45) is 0.828. The fraction of sp³-hybridized carbons (Fsp3) is 0.375. The average Bonchev–Trinajstić information content (AvgIpc) is 2.74. The number of carbonyl (C=O) groups is 1. The summed E-state index contributed by atoms with van der Waals surface area (Å²) >= 11 is 1.62. The zero-order valence-corrected chi connectivity index (χ0v) is 7.57. The van der Waals surface area contributed by atoms with Crippen molar-refractivity contribution in [2.24, 2.45) is 11.0 Å². The summed E-state index contributed by atoms with van der Waals surface area (Å²) in [5, 5.41) is 7.12. The summed E-state index contributed by atoms with van der Waals surface area (Å²) in [6.45, 7) is 0. The van der Waals surface area contributed by atoms with Gasteiger partial charge in [-0.15, -0.1) is 0 Å². The van der Waals surface area contributed by atoms with Gasteiger partial charge in [0.2, 0.25) is 5.91 Å². The van der Waals surface area contributed by atoms with Crippen LogP contribution >= 0.6 is 11.3 Å². The standard InChI is InChI=1S/C8H7N3OS/c9-11-10-8(12)7-3-6(7)5-1-2-13-4-5/h1-2,4,6-7H,3H2/t6-,7+/m1/s1. The van der Waals surface area contributed by atoms with E-state index in [-0.39, 0.29) is 11.8 Å². The number of nitrogens with zero attached hydrogens (tertiary/aromatic N) is 3. The monoisotopic (exact) mass is 193 g/mol. The second-order valence-electron chi connectivity index (χ2n) is 3.03. The van der Waals surface area contributed by atoms with Crippen LogP contribution in [0, 0.1) is 5.92 Å². The van der Waals surface area contributed by atoms with Crippen molar-refractivity contribution in [1.82, 2.24) is 0 Å². The van der Waals surface area contributed by atoms with E-state index in [9.17, 15) is 4.79 Å². The lowest BCUT2D eigenvalue weighted by Gasteiger charge is -1.90. The number of thiophene rings is 1. The van der Waals surface area contributed by atoms with Crippen molar-refractivity contribution in [3.8, 4) is 0 Å². The lowest BCUT2D eigenvalue weighted by Crippen LogP contribution is -1.95. The molecule has 0 radical (unpaired) electrons. The molecule has 2 atom stereocenters. The normalized spacial score (nSPS) is 24.9. The Bertz CT molecular complexity index is 367. The van der Waals surface area contributed by atoms with Crippen LogP contribution in [0.3, 0.4) is 0 Å². The van der Waals surface area contributed by atoms with E-state index in [1.807, 2.05) is 16.8 Å². The molecule has 0 unspecified atom stereocenters. The minimum atomic E-state index is -0.321. The van der Waals surface area contributed by atoms with Gasteiger partial charge in [-0.1, -0.05) is 0 Å². The highest BCUT2D eigenvalue weighted by molar-refractivity contribution is 7.08. The van der Waals surface area contributed by atoms with Crippen molar-refractivity contribution >= 4 is 17.2 Å². The van der Waals surface area contributed by atoms with Crippen LogP contribution in [0.4, 0.5) is 0 Å². The molecule has 1 aliphatic rings. The van der Waals surface area contributed by atoms with E-state index in [4.69, 9.17) is 5.53 Å². The molecule has 4 nitrogen and oxygen atoms in total. The molecule has 2 rings (SSSR count). The second-order valence-corrected chi connectivity index (χ2v) is 3.81. The van der Waals surface area contributed by atoms with Crippen molar-refractivity contribution in [2.45, 2.75) is 12.3 Å². The van der Waals surface area contributed by atoms with Gasteiger partial charge < -0.3 is 0 Å². The molecular weight excluding hydrogens is 186 g/mol. The van der Waals surface area contributed by atoms with Gasteiger partial charge in [-0.25, -0.2) is 0 Å². The Labute approximate surface area is 78.8 Å². The molecule has 1 saturated carbocycles. The van der Waals surface area contributed by atoms with Gasteiger partial charge in [0, 0.05) is 10.8 Å². The summed E-state index contributed by atoms with van der Waals surface area (Å²) in [4.78, 5) is 13.6. The first-order valence-corrected chi connectivity index (χ1v) is 4.88. The Balaban J connectivity index is 2.04. The minimum Gasteiger partial charge on any atom is -0.292 e. The van der Waals surface area contributed by atoms with Crippen LogP contribution in [0.25, 0.3) is 10.4 Å². The van der Waals surface area contributed by atoms with E-state index >= 15 is 0 Å². The fourth-order valence-corrected chi connectivity index (χ4v) is 2.17. The molecule has 0 spiro atoms. The Morgan fingerprint density at radius 3 is 3.23 bits per heavy atom. The minimum absolute atomic E-state index is 0.0644. The van der Waals surface area contributed by atoms with Gasteiger partial charge in [-0.05, 0) is 45.4 Å². The van der Waals surface area contributed by atoms with Crippen molar-refractivity contribution in [2.75, 3.05) is 0 Å². The third-order valence-corrected chi connectivity index (χ3v) is 2.92. The number of hydrogen-bond acceptors (Lipinski definition) is 2. The molecule has 0 N–H and O–H groups in total. The number of azide groups is 1. The van der Waals surface area contributed by atoms with Gasteiger partial charge in [0.1, 0.15) is 0 Å². The van der Waals surface area contributed by atoms with Crippen LogP contribution in [0.15, 0.2) is 21.9 Å². The highest BCUT2D eigenvalue weighted by atomic mass is 32.1. The maximum Gasteiger partial charge on any atom is 0.222 e. The quantitative estimate of drug-likeness (QED) is 0.404. The van der Waals surface area contributed by atoms with Gasteiger partial charge in [-0.3, -0.25) is 4.79 Å². The Morgan fingerprint density at radius 1 is 1.77 bits per heavy atom. The van der Waals surface area contributed by atoms with Crippen LogP contribution in [-0.4, -0.2) is 5.91 Å². The summed E-state index contributed by atoms with van der Waals surface area (Å²) in [7, 11) is 0. The Kier molecular flexibility index (Phi) is 2.04. The topological polar surface area (TPSA) is 65.8 Å². The lowest BCUT2D eigenvalue weighted by molar-refractivity contribution is -0.119. The number of hydrogen-bond donors (Lipinski definition) is 0. The third-order valence-electron chi connectivity index (χ3n) is 2.22. The predicted molar refractivity (Wildman–Crippen MR) is 49.3 cm³/mol. The molecule has 0 bridgehead atoms. The van der Waals surface area contributed by atoms with Crippen molar-refractivity contribution in [1.29, 1.82) is 0 Å². The highest BCUT2D eigenvalue weighted by Crippen LogP contribution is 2.48. The molecule has 1 amide bonds. The van der Waals surface area contributed by atoms with E-state index in [2.05, 4.69) is 10.0 Å². The molecule has 1 aliphatic carbocycles. The van der Waals surface area contributed by atoms with Crippen LogP contribution < -0.4 is 0 Å². The number of rotatable bonds is 2. The van der Waals surface area contributed by atoms with E-state index in [0.717, 1.165) is 6.42 Å². The van der Waals surface area contributed by atoms with Gasteiger partial charge in [0.25, 0.3) is 0 Å². The SMILES string of the molecule is [N-]=[N+]=NC(=O)[C@H]1C[C@@H]1c1ccsc1. The molecule has 0 aromatic carbocycles. The average molecular weight is 193 g/mol. The molecule has 1 heterocycles. The Hall–Kier alpha value is -1.32. The van der Waals surface area contributed by atoms with Crippen LogP contribution in [0.5, 0.6) is 0 Å². The van der Waals surface area contributed by atoms with E-state index < -0.39 is 0 Å². The van der Waals surface area contributed by atoms with Gasteiger partial charge in [-0.2, -0.15) is 11.3 Å². The molecule has 66 valence electrons. The largest absolute Gasteiger partial charge is 0.292 e. The summed E-state index contributed by atoms with van der Waals surface area (Å²) in [6, 6.07) is 2.01. The highest BCUT2D eigenvalue weighted by Gasteiger charge is 2.43. The lowest BCUT2D eigenvalue weighted by atomic mass is 10.2. The number of carbonyl (C=O) groups excluding carboxylic acids is 1. The Morgan fingerprint density at radius 2 is 2.62 bits per heavy atom. The van der Waals surface area contributed by atoms with E-state index in [1.165, 1.54) is 5.56 Å². The first-order chi connectivity index (χ1) is 6.33. The van der Waals surface area contributed by atoms with Crippen LogP contribution in [0.2, 0.25) is 0 Å². The molecule has 0 aliphatic heterocycles. The van der Waals surface area contributed by atoms with Gasteiger partial charge >= 0.3 is 0 Å². The second kappa shape index (κ2) is 3.20. The third kappa shape index (κ3) is 1.56. The van der Waals surface area contributed by atoms with Gasteiger partial charge in [0.05, 0.1) is 0 Å². The molecule has 1 fully saturated rings. The van der Waals surface area contributed by atoms with Crippen molar-refractivity contribution < 1.29 is 4.79 Å². The zero-order chi connectivity index (χ0) is 9.26. The summed E-state index contributed by atoms with van der Waals surface area (Å²) in [5.74, 6) is -0.0894. The first-order valence-electron chi connectivity index (χ1n) is 3.94. The van der Waals surface area contributed by atoms with Crippen molar-refractivity contribution in [3.05, 3.63) is 32.8 Å². The molecular formula is C8H7N3OS. The van der Waals surface area contributed by atoms with Crippen LogP contribution in [0.1, 0.15) is 17.9 Å². The van der Waals surface area contributed by atoms with Gasteiger partial charge in [0.15, 0.2) is 0 Å². The molecule has 1 aromatic rings. The maximum absolute atomic E-state index is 11.1. The van der Waals surface area contributed by atoms with E-state index in [0.29, 0.717) is 5.92 Å². The van der Waals surface area contributed by atoms with E-state index in [1.54, 1.807) is 11.3 Å². The van der Waals surface area contributed by atoms with Crippen LogP contribution in [-0.2, 0) is 4.79 Å². The smallest absolute Gasteiger partial charge is 0.222 e. The first kappa shape index (κ1) is 8.29. The maximum atomic E-state index is 11.1.